The summed E-state index contributed by atoms with van der Waals surface area (Å²) < 4.78 is 0. The number of hydrogen-bond acceptors (Lipinski definition) is 2. The monoisotopic (exact) mass is 189 g/mol. The predicted molar refractivity (Wildman–Crippen MR) is 58.1 cm³/mol. The van der Waals surface area contributed by atoms with Gasteiger partial charge >= 0.3 is 0 Å². The van der Waals surface area contributed by atoms with E-state index in [1.807, 2.05) is 31.2 Å². The molecule has 66 valence electrons. The van der Waals surface area contributed by atoms with E-state index < -0.39 is 0 Å². The minimum absolute atomic E-state index is 0. The van der Waals surface area contributed by atoms with Crippen molar-refractivity contribution in [1.29, 1.82) is 0 Å². The zero-order chi connectivity index (χ0) is 8.55. The van der Waals surface area contributed by atoms with Gasteiger partial charge in [-0.05, 0) is 19.1 Å². The summed E-state index contributed by atoms with van der Waals surface area (Å²) >= 11 is 0. The van der Waals surface area contributed by atoms with Gasteiger partial charge < -0.3 is 5.11 Å². The van der Waals surface area contributed by atoms with Crippen LogP contribution >= 0.6 is 0 Å². The maximum atomic E-state index is 9.43. The Morgan fingerprint density at radius 2 is 1.92 bits per heavy atom. The number of phenols is 1. The van der Waals surface area contributed by atoms with Crippen LogP contribution in [0, 0.1) is 6.92 Å². The first-order valence-electron chi connectivity index (χ1n) is 3.83. The molecule has 2 nitrogen and oxygen atoms in total. The molecule has 0 saturated heterocycles. The molecular weight excluding hydrogens is 177 g/mol. The summed E-state index contributed by atoms with van der Waals surface area (Å²) in [4.78, 5) is 4.23. The molecule has 2 rings (SSSR count). The third-order valence-electron chi connectivity index (χ3n) is 1.84. The van der Waals surface area contributed by atoms with E-state index in [0.29, 0.717) is 5.52 Å². The molecule has 0 spiro atoms. The van der Waals surface area contributed by atoms with Gasteiger partial charge in [0.05, 0.1) is 0 Å². The highest BCUT2D eigenvalue weighted by Crippen LogP contribution is 2.21. The molecule has 0 aliphatic rings. The van der Waals surface area contributed by atoms with E-state index in [-0.39, 0.29) is 23.1 Å². The van der Waals surface area contributed by atoms with Crippen LogP contribution in [0.3, 0.4) is 0 Å². The maximum Gasteiger partial charge on any atom is 0.187 e. The lowest BCUT2D eigenvalue weighted by Crippen LogP contribution is -1.82. The third-order valence-corrected chi connectivity index (χ3v) is 1.84. The molecule has 1 heterocycles. The molecule has 1 N–H and O–H groups in total. The fourth-order valence-electron chi connectivity index (χ4n) is 1.23. The summed E-state index contributed by atoms with van der Waals surface area (Å²) in [5, 5.41) is 10.4. The molecule has 13 heavy (non-hydrogen) atoms. The molecule has 0 aliphatic heterocycles. The van der Waals surface area contributed by atoms with Crippen molar-refractivity contribution in [3.8, 4) is 5.75 Å². The topological polar surface area (TPSA) is 33.1 Å². The lowest BCUT2D eigenvalue weighted by atomic mass is 10.2. The Labute approximate surface area is 87.4 Å². The Balaban J connectivity index is 0.000000845. The van der Waals surface area contributed by atoms with Crippen molar-refractivity contribution in [2.75, 3.05) is 0 Å². The van der Waals surface area contributed by atoms with Crippen LogP contribution < -0.4 is 0 Å². The largest absolute Gasteiger partial charge is 0.506 e. The molecule has 0 amide bonds. The number of phenolic OH excluding ortho intramolecular Hbond substituents is 1. The van der Waals surface area contributed by atoms with Gasteiger partial charge in [-0.25, -0.2) is 4.98 Å². The minimum atomic E-state index is 0. The maximum absolute atomic E-state index is 9.43. The lowest BCUT2D eigenvalue weighted by molar-refractivity contribution is 0.480. The summed E-state index contributed by atoms with van der Waals surface area (Å²) in [6.07, 6.45) is 0. The van der Waals surface area contributed by atoms with Crippen molar-refractivity contribution >= 4 is 28.3 Å². The van der Waals surface area contributed by atoms with E-state index in [1.54, 1.807) is 6.07 Å². The average molecular weight is 189 g/mol. The summed E-state index contributed by atoms with van der Waals surface area (Å²) in [5.41, 5.74) is 1.60. The molecule has 1 aromatic carbocycles. The number of aromatic nitrogens is 1. The summed E-state index contributed by atoms with van der Waals surface area (Å²) in [6.45, 7) is 1.91. The van der Waals surface area contributed by atoms with Crippen LogP contribution in [0.1, 0.15) is 5.69 Å². The Hall–Kier alpha value is -1.04. The predicted octanol–water partition coefficient (Wildman–Crippen LogP) is 1.06. The highest BCUT2D eigenvalue weighted by Gasteiger charge is 1.98. The van der Waals surface area contributed by atoms with E-state index in [2.05, 4.69) is 4.98 Å². The molecule has 0 radical (unpaired) electrons. The van der Waals surface area contributed by atoms with Gasteiger partial charge in [-0.15, -0.1) is 0 Å². The highest BCUT2D eigenvalue weighted by atomic mass is 27.0. The van der Waals surface area contributed by atoms with Crippen molar-refractivity contribution < 1.29 is 5.11 Å². The Morgan fingerprint density at radius 1 is 1.15 bits per heavy atom. The van der Waals surface area contributed by atoms with Gasteiger partial charge in [0.25, 0.3) is 0 Å². The first-order valence-corrected chi connectivity index (χ1v) is 3.83. The standard InChI is InChI=1S/C10H9NO.Al.3H/c1-7-5-6-8-3-2-4-9(12)10(8)11-7;;;;/h2-6,12H,1H3;;;;. The smallest absolute Gasteiger partial charge is 0.187 e. The second-order valence-electron chi connectivity index (χ2n) is 2.80. The van der Waals surface area contributed by atoms with Crippen LogP contribution in [-0.2, 0) is 0 Å². The van der Waals surface area contributed by atoms with Crippen LogP contribution in [0.5, 0.6) is 5.75 Å². The second kappa shape index (κ2) is 3.78. The molecule has 3 heteroatoms. The van der Waals surface area contributed by atoms with E-state index in [0.717, 1.165) is 11.1 Å². The highest BCUT2D eigenvalue weighted by molar-refractivity contribution is 5.84. The van der Waals surface area contributed by atoms with Gasteiger partial charge in [0.1, 0.15) is 11.3 Å². The number of aromatic hydroxyl groups is 1. The fraction of sp³-hybridized carbons (Fsp3) is 0.100. The average Bonchev–Trinajstić information content (AvgIpc) is 2.07. The van der Waals surface area contributed by atoms with Gasteiger partial charge in [0.2, 0.25) is 0 Å². The van der Waals surface area contributed by atoms with Gasteiger partial charge in [0, 0.05) is 11.1 Å². The molecule has 1 aromatic heterocycles. The zero-order valence-corrected chi connectivity index (χ0v) is 6.78. The lowest BCUT2D eigenvalue weighted by Gasteiger charge is -1.99. The Kier molecular flexibility index (Phi) is 2.92. The summed E-state index contributed by atoms with van der Waals surface area (Å²) in [6, 6.07) is 9.28. The third kappa shape index (κ3) is 1.83. The van der Waals surface area contributed by atoms with Crippen molar-refractivity contribution in [3.05, 3.63) is 36.0 Å². The number of rotatable bonds is 0. The SMILES string of the molecule is Cc1ccc2cccc(O)c2n1.[AlH3]. The first kappa shape index (κ1) is 10.0. The van der Waals surface area contributed by atoms with Gasteiger partial charge in [-0.1, -0.05) is 18.2 Å². The number of fused-ring (bicyclic) bond motifs is 1. The fourth-order valence-corrected chi connectivity index (χ4v) is 1.23. The van der Waals surface area contributed by atoms with E-state index in [1.165, 1.54) is 0 Å². The van der Waals surface area contributed by atoms with Crippen LogP contribution in [0.2, 0.25) is 0 Å². The van der Waals surface area contributed by atoms with E-state index in [9.17, 15) is 5.11 Å². The number of benzene rings is 1. The number of nitrogens with zero attached hydrogens (tertiary/aromatic N) is 1. The number of hydrogen-bond donors (Lipinski definition) is 1. The van der Waals surface area contributed by atoms with Crippen LogP contribution in [-0.4, -0.2) is 27.5 Å². The molecule has 0 saturated carbocycles. The molecule has 0 atom stereocenters. The Bertz CT molecular complexity index is 428. The van der Waals surface area contributed by atoms with Crippen molar-refractivity contribution in [2.45, 2.75) is 6.92 Å². The zero-order valence-electron chi connectivity index (χ0n) is 6.78. The molecule has 0 fully saturated rings. The minimum Gasteiger partial charge on any atom is -0.506 e. The van der Waals surface area contributed by atoms with Crippen molar-refractivity contribution in [3.63, 3.8) is 0 Å². The number of aryl methyl sites for hydroxylation is 1. The van der Waals surface area contributed by atoms with Gasteiger partial charge in [0.15, 0.2) is 17.4 Å². The normalized spacial score (nSPS) is 9.62. The summed E-state index contributed by atoms with van der Waals surface area (Å²) in [7, 11) is 0. The van der Waals surface area contributed by atoms with Gasteiger partial charge in [-0.2, -0.15) is 0 Å². The number of para-hydroxylation sites is 1. The van der Waals surface area contributed by atoms with E-state index >= 15 is 0 Å². The second-order valence-corrected chi connectivity index (χ2v) is 2.80. The van der Waals surface area contributed by atoms with Crippen LogP contribution in [0.4, 0.5) is 0 Å². The first-order chi connectivity index (χ1) is 5.77. The molecular formula is C10H12AlNO. The quantitative estimate of drug-likeness (QED) is 0.629. The summed E-state index contributed by atoms with van der Waals surface area (Å²) in [5.74, 6) is 0.246. The molecule has 0 unspecified atom stereocenters. The van der Waals surface area contributed by atoms with Crippen molar-refractivity contribution in [1.82, 2.24) is 4.98 Å². The van der Waals surface area contributed by atoms with Crippen LogP contribution in [0.25, 0.3) is 10.9 Å². The molecule has 0 aliphatic carbocycles. The van der Waals surface area contributed by atoms with Crippen molar-refractivity contribution in [2.24, 2.45) is 0 Å². The number of pyridine rings is 1. The van der Waals surface area contributed by atoms with Crippen LogP contribution in [0.15, 0.2) is 30.3 Å². The molecule has 2 aromatic rings. The Morgan fingerprint density at radius 3 is 2.69 bits per heavy atom. The van der Waals surface area contributed by atoms with E-state index in [4.69, 9.17) is 0 Å². The molecule has 0 bridgehead atoms. The van der Waals surface area contributed by atoms with Gasteiger partial charge in [-0.3, -0.25) is 0 Å².